The van der Waals surface area contributed by atoms with Gasteiger partial charge in [0.25, 0.3) is 0 Å². The van der Waals surface area contributed by atoms with Crippen LogP contribution in [-0.4, -0.2) is 52.8 Å². The van der Waals surface area contributed by atoms with Crippen LogP contribution in [0.2, 0.25) is 0 Å². The number of piperidine rings is 1. The SMILES string of the molecule is O=C1CCCN1CC(=O)N1CCC[C@@H](c2nc3ccccc3s2)C1. The van der Waals surface area contributed by atoms with Gasteiger partial charge in [0.15, 0.2) is 0 Å². The fourth-order valence-corrected chi connectivity index (χ4v) is 4.70. The first-order valence-corrected chi connectivity index (χ1v) is 9.43. The fraction of sp³-hybridized carbons (Fsp3) is 0.500. The van der Waals surface area contributed by atoms with Crippen molar-refractivity contribution in [1.82, 2.24) is 14.8 Å². The van der Waals surface area contributed by atoms with E-state index in [1.165, 1.54) is 4.70 Å². The Morgan fingerprint density at radius 3 is 2.92 bits per heavy atom. The maximum absolute atomic E-state index is 12.6. The van der Waals surface area contributed by atoms with Gasteiger partial charge in [0.1, 0.15) is 0 Å². The molecule has 0 bridgehead atoms. The number of carbonyl (C=O) groups excluding carboxylic acids is 2. The number of nitrogens with zero attached hydrogens (tertiary/aromatic N) is 3. The lowest BCUT2D eigenvalue weighted by Gasteiger charge is -2.33. The van der Waals surface area contributed by atoms with E-state index in [4.69, 9.17) is 4.98 Å². The van der Waals surface area contributed by atoms with E-state index in [0.29, 0.717) is 12.3 Å². The van der Waals surface area contributed by atoms with Crippen LogP contribution in [0.3, 0.4) is 0 Å². The minimum absolute atomic E-state index is 0.0797. The maximum Gasteiger partial charge on any atom is 0.242 e. The van der Waals surface area contributed by atoms with Crippen molar-refractivity contribution >= 4 is 33.4 Å². The topological polar surface area (TPSA) is 53.5 Å². The summed E-state index contributed by atoms with van der Waals surface area (Å²) in [6.45, 7) is 2.48. The van der Waals surface area contributed by atoms with Gasteiger partial charge in [0.05, 0.1) is 21.8 Å². The summed E-state index contributed by atoms with van der Waals surface area (Å²) in [6.07, 6.45) is 3.54. The number of benzene rings is 1. The molecule has 0 radical (unpaired) electrons. The summed E-state index contributed by atoms with van der Waals surface area (Å²) in [5.41, 5.74) is 1.05. The summed E-state index contributed by atoms with van der Waals surface area (Å²) >= 11 is 1.74. The highest BCUT2D eigenvalue weighted by molar-refractivity contribution is 7.18. The van der Waals surface area contributed by atoms with Crippen LogP contribution in [0.25, 0.3) is 10.2 Å². The lowest BCUT2D eigenvalue weighted by molar-refractivity contribution is -0.139. The lowest BCUT2D eigenvalue weighted by atomic mass is 9.98. The second-order valence-corrected chi connectivity index (χ2v) is 7.68. The van der Waals surface area contributed by atoms with Gasteiger partial charge in [-0.3, -0.25) is 9.59 Å². The van der Waals surface area contributed by atoms with Crippen LogP contribution >= 0.6 is 11.3 Å². The Morgan fingerprint density at radius 2 is 2.12 bits per heavy atom. The smallest absolute Gasteiger partial charge is 0.242 e. The number of aromatic nitrogens is 1. The molecule has 2 saturated heterocycles. The Kier molecular flexibility index (Phi) is 4.22. The first-order chi connectivity index (χ1) is 11.7. The van der Waals surface area contributed by atoms with Gasteiger partial charge in [-0.25, -0.2) is 4.98 Å². The predicted octanol–water partition coefficient (Wildman–Crippen LogP) is 2.62. The van der Waals surface area contributed by atoms with Crippen LogP contribution in [0.1, 0.15) is 36.6 Å². The summed E-state index contributed by atoms with van der Waals surface area (Å²) in [7, 11) is 0. The van der Waals surface area contributed by atoms with E-state index in [2.05, 4.69) is 6.07 Å². The molecule has 6 heteroatoms. The molecule has 1 aromatic heterocycles. The van der Waals surface area contributed by atoms with Gasteiger partial charge in [-0.15, -0.1) is 11.3 Å². The van der Waals surface area contributed by atoms with Crippen LogP contribution < -0.4 is 0 Å². The largest absolute Gasteiger partial charge is 0.340 e. The molecule has 3 heterocycles. The molecule has 1 aromatic carbocycles. The van der Waals surface area contributed by atoms with Crippen molar-refractivity contribution in [2.24, 2.45) is 0 Å². The molecule has 4 rings (SSSR count). The molecule has 0 spiro atoms. The average Bonchev–Trinajstić information content (AvgIpc) is 3.21. The third kappa shape index (κ3) is 3.02. The Balaban J connectivity index is 1.45. The van der Waals surface area contributed by atoms with Gasteiger partial charge in [-0.05, 0) is 31.4 Å². The number of fused-ring (bicyclic) bond motifs is 1. The number of hydrogen-bond acceptors (Lipinski definition) is 4. The molecule has 2 aliphatic heterocycles. The summed E-state index contributed by atoms with van der Waals surface area (Å²) in [5.74, 6) is 0.508. The molecule has 24 heavy (non-hydrogen) atoms. The molecule has 0 saturated carbocycles. The summed E-state index contributed by atoms with van der Waals surface area (Å²) in [4.78, 5) is 32.7. The molecule has 2 fully saturated rings. The molecule has 2 amide bonds. The predicted molar refractivity (Wildman–Crippen MR) is 94.0 cm³/mol. The number of para-hydroxylation sites is 1. The quantitative estimate of drug-likeness (QED) is 0.861. The van der Waals surface area contributed by atoms with Gasteiger partial charge in [-0.2, -0.15) is 0 Å². The zero-order valence-electron chi connectivity index (χ0n) is 13.6. The van der Waals surface area contributed by atoms with E-state index in [-0.39, 0.29) is 18.4 Å². The first kappa shape index (κ1) is 15.6. The minimum atomic E-state index is 0.0797. The Hall–Kier alpha value is -1.95. The molecule has 5 nitrogen and oxygen atoms in total. The molecule has 0 aliphatic carbocycles. The van der Waals surface area contributed by atoms with Crippen LogP contribution in [0, 0.1) is 0 Å². The van der Waals surface area contributed by atoms with Crippen molar-refractivity contribution < 1.29 is 9.59 Å². The van der Waals surface area contributed by atoms with Crippen molar-refractivity contribution in [2.45, 2.75) is 31.6 Å². The van der Waals surface area contributed by atoms with E-state index in [1.807, 2.05) is 23.1 Å². The zero-order chi connectivity index (χ0) is 16.5. The van der Waals surface area contributed by atoms with Crippen LogP contribution in [0.15, 0.2) is 24.3 Å². The highest BCUT2D eigenvalue weighted by Gasteiger charge is 2.29. The molecular weight excluding hydrogens is 322 g/mol. The molecule has 0 unspecified atom stereocenters. The molecule has 2 aliphatic rings. The number of hydrogen-bond donors (Lipinski definition) is 0. The standard InChI is InChI=1S/C18H21N3O2S/c22-16-8-4-10-21(16)12-17(23)20-9-3-5-13(11-20)18-19-14-6-1-2-7-15(14)24-18/h1-2,6-7,13H,3-5,8-12H2/t13-/m1/s1. The highest BCUT2D eigenvalue weighted by atomic mass is 32.1. The zero-order valence-corrected chi connectivity index (χ0v) is 14.4. The van der Waals surface area contributed by atoms with E-state index >= 15 is 0 Å². The Bertz CT molecular complexity index is 739. The second kappa shape index (κ2) is 6.51. The van der Waals surface area contributed by atoms with E-state index < -0.39 is 0 Å². The van der Waals surface area contributed by atoms with Crippen LogP contribution in [0.4, 0.5) is 0 Å². The molecule has 1 atom stereocenters. The van der Waals surface area contributed by atoms with Crippen molar-refractivity contribution in [3.05, 3.63) is 29.3 Å². The van der Waals surface area contributed by atoms with Gasteiger partial charge < -0.3 is 9.80 Å². The van der Waals surface area contributed by atoms with Crippen LogP contribution in [-0.2, 0) is 9.59 Å². The number of thiazole rings is 1. The number of rotatable bonds is 3. The third-order valence-corrected chi connectivity index (χ3v) is 6.13. The first-order valence-electron chi connectivity index (χ1n) is 8.62. The van der Waals surface area contributed by atoms with Crippen molar-refractivity contribution in [3.63, 3.8) is 0 Å². The van der Waals surface area contributed by atoms with Gasteiger partial charge in [0, 0.05) is 32.0 Å². The van der Waals surface area contributed by atoms with Gasteiger partial charge in [-0.1, -0.05) is 12.1 Å². The Labute approximate surface area is 145 Å². The number of amides is 2. The van der Waals surface area contributed by atoms with E-state index in [9.17, 15) is 9.59 Å². The monoisotopic (exact) mass is 343 g/mol. The average molecular weight is 343 g/mol. The number of likely N-dealkylation sites (tertiary alicyclic amines) is 2. The van der Waals surface area contributed by atoms with Gasteiger partial charge in [0.2, 0.25) is 11.8 Å². The lowest BCUT2D eigenvalue weighted by Crippen LogP contribution is -2.44. The second-order valence-electron chi connectivity index (χ2n) is 6.62. The summed E-state index contributed by atoms with van der Waals surface area (Å²) in [5, 5.41) is 1.13. The summed E-state index contributed by atoms with van der Waals surface area (Å²) < 4.78 is 1.21. The Morgan fingerprint density at radius 1 is 1.25 bits per heavy atom. The van der Waals surface area contributed by atoms with Crippen molar-refractivity contribution in [2.75, 3.05) is 26.2 Å². The van der Waals surface area contributed by atoms with Crippen LogP contribution in [0.5, 0.6) is 0 Å². The van der Waals surface area contributed by atoms with Crippen molar-refractivity contribution in [3.8, 4) is 0 Å². The molecule has 0 N–H and O–H groups in total. The fourth-order valence-electron chi connectivity index (χ4n) is 3.60. The normalized spacial score (nSPS) is 21.7. The maximum atomic E-state index is 12.6. The van der Waals surface area contributed by atoms with E-state index in [0.717, 1.165) is 49.4 Å². The van der Waals surface area contributed by atoms with Crippen molar-refractivity contribution in [1.29, 1.82) is 0 Å². The molecule has 126 valence electrons. The van der Waals surface area contributed by atoms with E-state index in [1.54, 1.807) is 16.2 Å². The third-order valence-electron chi connectivity index (χ3n) is 4.93. The van der Waals surface area contributed by atoms with Gasteiger partial charge >= 0.3 is 0 Å². The molecular formula is C18H21N3O2S. The molecule has 2 aromatic rings. The number of carbonyl (C=O) groups is 2. The highest BCUT2D eigenvalue weighted by Crippen LogP contribution is 2.33. The summed E-state index contributed by atoms with van der Waals surface area (Å²) in [6, 6.07) is 8.19. The minimum Gasteiger partial charge on any atom is -0.340 e.